The predicted molar refractivity (Wildman–Crippen MR) is 112 cm³/mol. The van der Waals surface area contributed by atoms with Gasteiger partial charge in [0.05, 0.1) is 0 Å². The molecule has 2 heterocycles. The summed E-state index contributed by atoms with van der Waals surface area (Å²) in [6.45, 7) is 7.35. The van der Waals surface area contributed by atoms with Crippen molar-refractivity contribution >= 4 is 11.8 Å². The summed E-state index contributed by atoms with van der Waals surface area (Å²) in [5.74, 6) is 0.611. The number of nitrogens with one attached hydrogen (secondary N) is 2. The molecule has 2 aliphatic heterocycles. The van der Waals surface area contributed by atoms with Crippen LogP contribution < -0.4 is 15.4 Å². The third-order valence-electron chi connectivity index (χ3n) is 6.31. The number of amides is 2. The van der Waals surface area contributed by atoms with Gasteiger partial charge in [-0.05, 0) is 62.4 Å². The number of rotatable bonds is 5. The number of hydrogen-bond donors (Lipinski definition) is 2. The standard InChI is InChI=1S/C23H31N3O3/c1-3-24-19-7-5-4-6-8-21(19)29-17-10-11-18-16(13-17)14-26(23(18)28)20-12-9-15(2)25-22(20)27/h10-11,13,19-21,24H,2-9,12,14H2,1H3,(H,25,27)/t19-,20?,21+/m1/s1. The number of carbonyl (C=O) groups excluding carboxylic acids is 2. The quantitative estimate of drug-likeness (QED) is 0.749. The molecular weight excluding hydrogens is 366 g/mol. The first-order chi connectivity index (χ1) is 14.1. The molecule has 1 saturated carbocycles. The molecule has 1 saturated heterocycles. The van der Waals surface area contributed by atoms with Gasteiger partial charge >= 0.3 is 0 Å². The minimum absolute atomic E-state index is 0.0702. The van der Waals surface area contributed by atoms with Crippen molar-refractivity contribution in [3.63, 3.8) is 0 Å². The summed E-state index contributed by atoms with van der Waals surface area (Å²) in [6.07, 6.45) is 7.35. The summed E-state index contributed by atoms with van der Waals surface area (Å²) < 4.78 is 6.39. The lowest BCUT2D eigenvalue weighted by Crippen LogP contribution is -2.49. The highest BCUT2D eigenvalue weighted by atomic mass is 16.5. The van der Waals surface area contributed by atoms with Crippen LogP contribution in [0.15, 0.2) is 30.5 Å². The second kappa shape index (κ2) is 8.57. The van der Waals surface area contributed by atoms with Crippen LogP contribution in [0, 0.1) is 0 Å². The number of allylic oxidation sites excluding steroid dienone is 1. The van der Waals surface area contributed by atoms with Crippen molar-refractivity contribution in [2.75, 3.05) is 6.54 Å². The largest absolute Gasteiger partial charge is 0.489 e. The third-order valence-corrected chi connectivity index (χ3v) is 6.31. The van der Waals surface area contributed by atoms with Gasteiger partial charge in [-0.1, -0.05) is 26.3 Å². The second-order valence-electron chi connectivity index (χ2n) is 8.36. The van der Waals surface area contributed by atoms with Crippen LogP contribution in [0.2, 0.25) is 0 Å². The Hall–Kier alpha value is -2.34. The van der Waals surface area contributed by atoms with E-state index in [1.165, 1.54) is 19.3 Å². The zero-order valence-corrected chi connectivity index (χ0v) is 17.2. The van der Waals surface area contributed by atoms with Gasteiger partial charge in [0.25, 0.3) is 5.91 Å². The number of nitrogens with zero attached hydrogens (tertiary/aromatic N) is 1. The zero-order chi connectivity index (χ0) is 20.4. The molecule has 0 radical (unpaired) electrons. The first kappa shape index (κ1) is 20.0. The van der Waals surface area contributed by atoms with E-state index in [1.807, 2.05) is 18.2 Å². The molecule has 2 amide bonds. The second-order valence-corrected chi connectivity index (χ2v) is 8.36. The fraction of sp³-hybridized carbons (Fsp3) is 0.565. The topological polar surface area (TPSA) is 70.7 Å². The first-order valence-corrected chi connectivity index (χ1v) is 10.9. The molecule has 6 heteroatoms. The molecule has 6 nitrogen and oxygen atoms in total. The van der Waals surface area contributed by atoms with Crippen LogP contribution in [-0.4, -0.2) is 41.4 Å². The molecule has 0 bridgehead atoms. The number of carbonyl (C=O) groups is 2. The Labute approximate surface area is 172 Å². The lowest BCUT2D eigenvalue weighted by Gasteiger charge is -2.30. The van der Waals surface area contributed by atoms with E-state index in [9.17, 15) is 9.59 Å². The molecule has 29 heavy (non-hydrogen) atoms. The van der Waals surface area contributed by atoms with E-state index in [4.69, 9.17) is 4.74 Å². The highest BCUT2D eigenvalue weighted by molar-refractivity contribution is 6.01. The Morgan fingerprint density at radius 1 is 1.21 bits per heavy atom. The molecule has 1 aromatic carbocycles. The van der Waals surface area contributed by atoms with Gasteiger partial charge in [-0.2, -0.15) is 0 Å². The Kier molecular flexibility index (Phi) is 5.90. The summed E-state index contributed by atoms with van der Waals surface area (Å²) in [5, 5.41) is 6.36. The number of fused-ring (bicyclic) bond motifs is 1. The summed E-state index contributed by atoms with van der Waals surface area (Å²) in [4.78, 5) is 26.9. The molecule has 1 unspecified atom stereocenters. The third kappa shape index (κ3) is 4.17. The Balaban J connectivity index is 1.48. The van der Waals surface area contributed by atoms with Gasteiger partial charge in [0.1, 0.15) is 17.9 Å². The Morgan fingerprint density at radius 3 is 2.83 bits per heavy atom. The fourth-order valence-corrected chi connectivity index (χ4v) is 4.79. The highest BCUT2D eigenvalue weighted by Crippen LogP contribution is 2.32. The van der Waals surface area contributed by atoms with Gasteiger partial charge in [-0.3, -0.25) is 9.59 Å². The molecule has 3 atom stereocenters. The molecule has 2 N–H and O–H groups in total. The predicted octanol–water partition coefficient (Wildman–Crippen LogP) is 3.12. The molecule has 156 valence electrons. The fourth-order valence-electron chi connectivity index (χ4n) is 4.79. The SMILES string of the molecule is C=C1CCC(N2Cc3cc(O[C@H]4CCCCC[C@H]4NCC)ccc3C2=O)C(=O)N1. The maximum atomic E-state index is 12.9. The molecule has 2 fully saturated rings. The van der Waals surface area contributed by atoms with Gasteiger partial charge in [0.2, 0.25) is 5.91 Å². The van der Waals surface area contributed by atoms with Crippen LogP contribution in [-0.2, 0) is 11.3 Å². The van der Waals surface area contributed by atoms with Crippen molar-refractivity contribution in [2.24, 2.45) is 0 Å². The molecular formula is C23H31N3O3. The average Bonchev–Trinajstić information content (AvgIpc) is 2.86. The minimum atomic E-state index is -0.426. The van der Waals surface area contributed by atoms with Gasteiger partial charge in [-0.25, -0.2) is 0 Å². The van der Waals surface area contributed by atoms with Crippen molar-refractivity contribution in [2.45, 2.75) is 76.6 Å². The van der Waals surface area contributed by atoms with Gasteiger partial charge in [-0.15, -0.1) is 0 Å². The van der Waals surface area contributed by atoms with E-state index in [0.717, 1.165) is 36.4 Å². The van der Waals surface area contributed by atoms with E-state index in [1.54, 1.807) is 4.90 Å². The smallest absolute Gasteiger partial charge is 0.255 e. The Morgan fingerprint density at radius 2 is 2.03 bits per heavy atom. The summed E-state index contributed by atoms with van der Waals surface area (Å²) in [6, 6.07) is 5.68. The monoisotopic (exact) mass is 397 g/mol. The van der Waals surface area contributed by atoms with Crippen LogP contribution in [0.1, 0.15) is 67.8 Å². The number of ether oxygens (including phenoxy) is 1. The van der Waals surface area contributed by atoms with Crippen molar-refractivity contribution in [1.82, 2.24) is 15.5 Å². The van der Waals surface area contributed by atoms with Crippen LogP contribution >= 0.6 is 0 Å². The van der Waals surface area contributed by atoms with E-state index < -0.39 is 6.04 Å². The van der Waals surface area contributed by atoms with Crippen LogP contribution in [0.4, 0.5) is 0 Å². The molecule has 1 aliphatic carbocycles. The molecule has 0 aromatic heterocycles. The summed E-state index contributed by atoms with van der Waals surface area (Å²) >= 11 is 0. The van der Waals surface area contributed by atoms with Crippen LogP contribution in [0.5, 0.6) is 5.75 Å². The number of likely N-dealkylation sites (N-methyl/N-ethyl adjacent to an activating group) is 1. The van der Waals surface area contributed by atoms with Crippen LogP contribution in [0.3, 0.4) is 0 Å². The van der Waals surface area contributed by atoms with Crippen molar-refractivity contribution in [1.29, 1.82) is 0 Å². The van der Waals surface area contributed by atoms with Gasteiger partial charge in [0.15, 0.2) is 0 Å². The van der Waals surface area contributed by atoms with E-state index in [-0.39, 0.29) is 17.9 Å². The summed E-state index contributed by atoms with van der Waals surface area (Å²) in [5.41, 5.74) is 2.35. The van der Waals surface area contributed by atoms with Crippen molar-refractivity contribution in [3.8, 4) is 5.75 Å². The van der Waals surface area contributed by atoms with E-state index in [2.05, 4.69) is 24.1 Å². The maximum absolute atomic E-state index is 12.9. The molecule has 1 aromatic rings. The maximum Gasteiger partial charge on any atom is 0.255 e. The lowest BCUT2D eigenvalue weighted by molar-refractivity contribution is -0.126. The van der Waals surface area contributed by atoms with Gasteiger partial charge < -0.3 is 20.3 Å². The lowest BCUT2D eigenvalue weighted by atomic mass is 10.0. The van der Waals surface area contributed by atoms with Crippen molar-refractivity contribution < 1.29 is 14.3 Å². The highest BCUT2D eigenvalue weighted by Gasteiger charge is 2.38. The number of piperidine rings is 1. The van der Waals surface area contributed by atoms with Crippen molar-refractivity contribution in [3.05, 3.63) is 41.6 Å². The number of benzene rings is 1. The van der Waals surface area contributed by atoms with Crippen LogP contribution in [0.25, 0.3) is 0 Å². The average molecular weight is 398 g/mol. The molecule has 4 rings (SSSR count). The zero-order valence-electron chi connectivity index (χ0n) is 17.2. The minimum Gasteiger partial charge on any atom is -0.489 e. The molecule has 3 aliphatic rings. The van der Waals surface area contributed by atoms with E-state index >= 15 is 0 Å². The first-order valence-electron chi connectivity index (χ1n) is 10.9. The normalized spacial score (nSPS) is 27.4. The van der Waals surface area contributed by atoms with Gasteiger partial charge in [0, 0.05) is 23.8 Å². The number of hydrogen-bond acceptors (Lipinski definition) is 4. The van der Waals surface area contributed by atoms with E-state index in [0.29, 0.717) is 31.0 Å². The molecule has 0 spiro atoms. The summed E-state index contributed by atoms with van der Waals surface area (Å²) in [7, 11) is 0. The Bertz CT molecular complexity index is 807.